The zero-order valence-corrected chi connectivity index (χ0v) is 12.3. The number of hydrogen-bond donors (Lipinski definition) is 1. The van der Waals surface area contributed by atoms with Crippen LogP contribution in [0.5, 0.6) is 0 Å². The van der Waals surface area contributed by atoms with E-state index in [0.717, 1.165) is 34.6 Å². The van der Waals surface area contributed by atoms with Gasteiger partial charge in [0.05, 0.1) is 10.1 Å². The lowest BCUT2D eigenvalue weighted by atomic mass is 10.5. The van der Waals surface area contributed by atoms with Crippen LogP contribution in [-0.4, -0.2) is 34.6 Å². The maximum absolute atomic E-state index is 4.28. The molecule has 0 saturated carbocycles. The van der Waals surface area contributed by atoms with Crippen LogP contribution in [0.25, 0.3) is 0 Å². The number of nitrogens with one attached hydrogen (secondary N) is 1. The van der Waals surface area contributed by atoms with E-state index in [4.69, 9.17) is 0 Å². The lowest BCUT2D eigenvalue weighted by Crippen LogP contribution is -2.20. The molecule has 3 nitrogen and oxygen atoms in total. The van der Waals surface area contributed by atoms with Gasteiger partial charge >= 0.3 is 0 Å². The van der Waals surface area contributed by atoms with Crippen LogP contribution in [0.3, 0.4) is 0 Å². The minimum atomic E-state index is 1.00. The van der Waals surface area contributed by atoms with Crippen molar-refractivity contribution in [2.45, 2.75) is 10.1 Å². The molecule has 0 amide bonds. The second-order valence-corrected chi connectivity index (χ2v) is 6.01. The first-order chi connectivity index (χ1) is 9.45. The fourth-order valence-corrected chi connectivity index (χ4v) is 2.98. The molecule has 2 aromatic heterocycles. The van der Waals surface area contributed by atoms with Gasteiger partial charge in [-0.3, -0.25) is 0 Å². The number of rotatable bonds is 8. The molecule has 1 N–H and O–H groups in total. The third-order valence-corrected chi connectivity index (χ3v) is 4.22. The fourth-order valence-electron chi connectivity index (χ4n) is 1.45. The monoisotopic (exact) mass is 291 g/mol. The molecule has 100 valence electrons. The van der Waals surface area contributed by atoms with E-state index in [1.807, 2.05) is 48.8 Å². The van der Waals surface area contributed by atoms with Crippen LogP contribution < -0.4 is 5.32 Å². The van der Waals surface area contributed by atoms with Gasteiger partial charge in [0, 0.05) is 37.0 Å². The van der Waals surface area contributed by atoms with Crippen LogP contribution in [0.1, 0.15) is 0 Å². The summed E-state index contributed by atoms with van der Waals surface area (Å²) in [6.45, 7) is 2.01. The van der Waals surface area contributed by atoms with Crippen molar-refractivity contribution in [1.29, 1.82) is 0 Å². The van der Waals surface area contributed by atoms with Crippen LogP contribution in [0, 0.1) is 0 Å². The molecule has 0 aromatic carbocycles. The Labute approximate surface area is 122 Å². The minimum absolute atomic E-state index is 1.00. The van der Waals surface area contributed by atoms with Gasteiger partial charge in [-0.25, -0.2) is 9.97 Å². The lowest BCUT2D eigenvalue weighted by molar-refractivity contribution is 0.773. The van der Waals surface area contributed by atoms with Crippen molar-refractivity contribution in [2.24, 2.45) is 0 Å². The Morgan fingerprint density at radius 1 is 0.789 bits per heavy atom. The number of thioether (sulfide) groups is 2. The summed E-state index contributed by atoms with van der Waals surface area (Å²) < 4.78 is 0. The van der Waals surface area contributed by atoms with E-state index < -0.39 is 0 Å². The summed E-state index contributed by atoms with van der Waals surface area (Å²) in [7, 11) is 0. The highest BCUT2D eigenvalue weighted by Crippen LogP contribution is 2.13. The van der Waals surface area contributed by atoms with Gasteiger partial charge in [0.1, 0.15) is 0 Å². The predicted molar refractivity (Wildman–Crippen MR) is 82.8 cm³/mol. The smallest absolute Gasteiger partial charge is 0.0960 e. The van der Waals surface area contributed by atoms with Crippen LogP contribution in [-0.2, 0) is 0 Å². The van der Waals surface area contributed by atoms with Gasteiger partial charge in [-0.05, 0) is 24.3 Å². The quantitative estimate of drug-likeness (QED) is 0.598. The third kappa shape index (κ3) is 6.09. The van der Waals surface area contributed by atoms with Crippen LogP contribution in [0.4, 0.5) is 0 Å². The molecule has 0 bridgehead atoms. The Balaban J connectivity index is 1.49. The largest absolute Gasteiger partial charge is 0.315 e. The number of nitrogens with zero attached hydrogens (tertiary/aromatic N) is 2. The van der Waals surface area contributed by atoms with Crippen molar-refractivity contribution >= 4 is 23.5 Å². The summed E-state index contributed by atoms with van der Waals surface area (Å²) in [5, 5.41) is 5.61. The average Bonchev–Trinajstić information content (AvgIpc) is 2.48. The lowest BCUT2D eigenvalue weighted by Gasteiger charge is -2.04. The molecule has 5 heteroatoms. The Bertz CT molecular complexity index is 407. The first kappa shape index (κ1) is 14.4. The molecule has 0 atom stereocenters. The standard InChI is InChI=1S/C14H17N3S2/c1-3-7-16-13(5-1)18-11-9-15-10-12-19-14-6-2-4-8-17-14/h1-8,15H,9-12H2. The molecule has 0 aliphatic carbocycles. The highest BCUT2D eigenvalue weighted by Gasteiger charge is 1.95. The first-order valence-electron chi connectivity index (χ1n) is 6.23. The maximum atomic E-state index is 4.28. The molecule has 0 spiro atoms. The van der Waals surface area contributed by atoms with E-state index in [1.165, 1.54) is 0 Å². The van der Waals surface area contributed by atoms with Crippen LogP contribution >= 0.6 is 23.5 Å². The Hall–Kier alpha value is -1.04. The van der Waals surface area contributed by atoms with Crippen molar-refractivity contribution < 1.29 is 0 Å². The topological polar surface area (TPSA) is 37.8 Å². The summed E-state index contributed by atoms with van der Waals surface area (Å²) in [5.41, 5.74) is 0. The van der Waals surface area contributed by atoms with Gasteiger partial charge in [0.25, 0.3) is 0 Å². The van der Waals surface area contributed by atoms with Gasteiger partial charge in [-0.1, -0.05) is 12.1 Å². The Kier molecular flexibility index (Phi) is 6.78. The summed E-state index contributed by atoms with van der Waals surface area (Å²) in [4.78, 5) is 8.55. The predicted octanol–water partition coefficient (Wildman–Crippen LogP) is 2.95. The van der Waals surface area contributed by atoms with E-state index >= 15 is 0 Å². The SMILES string of the molecule is c1ccc(SCCNCCSc2ccccn2)nc1. The molecule has 0 radical (unpaired) electrons. The van der Waals surface area contributed by atoms with Crippen molar-refractivity contribution in [3.63, 3.8) is 0 Å². The highest BCUT2D eigenvalue weighted by atomic mass is 32.2. The second-order valence-electron chi connectivity index (χ2n) is 3.78. The van der Waals surface area contributed by atoms with E-state index in [0.29, 0.717) is 0 Å². The molecule has 0 unspecified atom stereocenters. The molecular weight excluding hydrogens is 274 g/mol. The molecule has 0 saturated heterocycles. The second kappa shape index (κ2) is 8.96. The molecule has 0 fully saturated rings. The zero-order chi connectivity index (χ0) is 13.2. The summed E-state index contributed by atoms with van der Waals surface area (Å²) in [5.74, 6) is 2.09. The van der Waals surface area contributed by atoms with E-state index in [-0.39, 0.29) is 0 Å². The average molecular weight is 291 g/mol. The van der Waals surface area contributed by atoms with Gasteiger partial charge in [0.2, 0.25) is 0 Å². The first-order valence-corrected chi connectivity index (χ1v) is 8.20. The third-order valence-electron chi connectivity index (χ3n) is 2.33. The zero-order valence-electron chi connectivity index (χ0n) is 10.7. The molecule has 0 aliphatic heterocycles. The van der Waals surface area contributed by atoms with E-state index in [1.54, 1.807) is 23.5 Å². The van der Waals surface area contributed by atoms with E-state index in [9.17, 15) is 0 Å². The normalized spacial score (nSPS) is 10.5. The molecule has 19 heavy (non-hydrogen) atoms. The molecule has 2 rings (SSSR count). The van der Waals surface area contributed by atoms with Gasteiger partial charge in [-0.2, -0.15) is 0 Å². The molecular formula is C14H17N3S2. The van der Waals surface area contributed by atoms with Gasteiger partial charge in [-0.15, -0.1) is 23.5 Å². The van der Waals surface area contributed by atoms with E-state index in [2.05, 4.69) is 15.3 Å². The maximum Gasteiger partial charge on any atom is 0.0960 e. The van der Waals surface area contributed by atoms with Gasteiger partial charge in [0.15, 0.2) is 0 Å². The molecule has 0 aliphatic rings. The van der Waals surface area contributed by atoms with Crippen LogP contribution in [0.2, 0.25) is 0 Å². The number of hydrogen-bond acceptors (Lipinski definition) is 5. The fraction of sp³-hybridized carbons (Fsp3) is 0.286. The van der Waals surface area contributed by atoms with Gasteiger partial charge < -0.3 is 5.32 Å². The van der Waals surface area contributed by atoms with Crippen molar-refractivity contribution in [3.05, 3.63) is 48.8 Å². The van der Waals surface area contributed by atoms with Crippen molar-refractivity contribution in [2.75, 3.05) is 24.6 Å². The minimum Gasteiger partial charge on any atom is -0.315 e. The van der Waals surface area contributed by atoms with Crippen molar-refractivity contribution in [1.82, 2.24) is 15.3 Å². The number of pyridine rings is 2. The summed E-state index contributed by atoms with van der Waals surface area (Å²) in [6.07, 6.45) is 3.67. The van der Waals surface area contributed by atoms with Crippen molar-refractivity contribution in [3.8, 4) is 0 Å². The number of aromatic nitrogens is 2. The molecule has 2 heterocycles. The Morgan fingerprint density at radius 3 is 1.74 bits per heavy atom. The van der Waals surface area contributed by atoms with Crippen LogP contribution in [0.15, 0.2) is 58.8 Å². The summed E-state index contributed by atoms with van der Waals surface area (Å²) in [6, 6.07) is 12.0. The summed E-state index contributed by atoms with van der Waals surface area (Å²) >= 11 is 3.56. The Morgan fingerprint density at radius 2 is 1.32 bits per heavy atom. The highest BCUT2D eigenvalue weighted by molar-refractivity contribution is 7.99. The molecule has 2 aromatic rings.